The fraction of sp³-hybridized carbons (Fsp3) is 0.300. The lowest BCUT2D eigenvalue weighted by Crippen LogP contribution is -2.41. The Morgan fingerprint density at radius 2 is 1.75 bits per heavy atom. The molecule has 0 heterocycles. The van der Waals surface area contributed by atoms with E-state index in [-0.39, 0.29) is 35.7 Å². The summed E-state index contributed by atoms with van der Waals surface area (Å²) in [7, 11) is 1.69. The fourth-order valence-corrected chi connectivity index (χ4v) is 3.08. The first-order valence-corrected chi connectivity index (χ1v) is 10.1. The van der Waals surface area contributed by atoms with Gasteiger partial charge in [-0.05, 0) is 41.6 Å². The summed E-state index contributed by atoms with van der Waals surface area (Å²) in [4.78, 5) is 16.2. The SMILES string of the molecule is CN=C(NCCNC(=O)c1ccccc1)NCc1ccc(F)cc1CSC.I. The normalized spacial score (nSPS) is 10.8. The van der Waals surface area contributed by atoms with Gasteiger partial charge in [0.25, 0.3) is 5.91 Å². The second-order valence-corrected chi connectivity index (χ2v) is 6.69. The Hall–Kier alpha value is -1.81. The van der Waals surface area contributed by atoms with Crippen molar-refractivity contribution < 1.29 is 9.18 Å². The van der Waals surface area contributed by atoms with Crippen LogP contribution in [0.2, 0.25) is 0 Å². The molecule has 2 aromatic carbocycles. The fourth-order valence-electron chi connectivity index (χ4n) is 2.50. The van der Waals surface area contributed by atoms with E-state index in [0.29, 0.717) is 31.2 Å². The molecule has 5 nitrogen and oxygen atoms in total. The minimum Gasteiger partial charge on any atom is -0.355 e. The van der Waals surface area contributed by atoms with Crippen molar-refractivity contribution in [2.75, 3.05) is 26.4 Å². The molecule has 2 rings (SSSR count). The number of aliphatic imine (C=N–C) groups is 1. The molecule has 0 aliphatic heterocycles. The molecule has 0 saturated carbocycles. The van der Waals surface area contributed by atoms with E-state index in [9.17, 15) is 9.18 Å². The van der Waals surface area contributed by atoms with E-state index in [1.165, 1.54) is 6.07 Å². The highest BCUT2D eigenvalue weighted by atomic mass is 127. The predicted molar refractivity (Wildman–Crippen MR) is 126 cm³/mol. The van der Waals surface area contributed by atoms with Crippen LogP contribution in [-0.4, -0.2) is 38.3 Å². The Kier molecular flexibility index (Phi) is 11.6. The third-order valence-corrected chi connectivity index (χ3v) is 4.48. The van der Waals surface area contributed by atoms with E-state index in [0.717, 1.165) is 16.9 Å². The first-order chi connectivity index (χ1) is 13.1. The second kappa shape index (κ2) is 13.4. The van der Waals surface area contributed by atoms with Crippen molar-refractivity contribution in [2.24, 2.45) is 4.99 Å². The Morgan fingerprint density at radius 1 is 1.04 bits per heavy atom. The van der Waals surface area contributed by atoms with E-state index in [2.05, 4.69) is 20.9 Å². The zero-order chi connectivity index (χ0) is 19.5. The average molecular weight is 516 g/mol. The first kappa shape index (κ1) is 24.2. The van der Waals surface area contributed by atoms with Crippen molar-refractivity contribution in [1.82, 2.24) is 16.0 Å². The van der Waals surface area contributed by atoms with Crippen LogP contribution in [0.4, 0.5) is 4.39 Å². The maximum absolute atomic E-state index is 13.4. The number of guanidine groups is 1. The molecule has 0 bridgehead atoms. The van der Waals surface area contributed by atoms with Crippen LogP contribution >= 0.6 is 35.7 Å². The minimum atomic E-state index is -0.223. The molecule has 0 aromatic heterocycles. The van der Waals surface area contributed by atoms with Gasteiger partial charge in [-0.1, -0.05) is 24.3 Å². The summed E-state index contributed by atoms with van der Waals surface area (Å²) in [6.07, 6.45) is 1.99. The van der Waals surface area contributed by atoms with Crippen molar-refractivity contribution in [3.63, 3.8) is 0 Å². The number of carbonyl (C=O) groups excluding carboxylic acids is 1. The standard InChI is InChI=1S/C20H25FN4OS.HI/c1-22-20(24-11-10-23-19(26)15-6-4-3-5-7-15)25-13-16-8-9-18(21)12-17(16)14-27-2;/h3-9,12H,10-11,13-14H2,1-2H3,(H,23,26)(H2,22,24,25);1H. The van der Waals surface area contributed by atoms with Crippen LogP contribution in [0.3, 0.4) is 0 Å². The third-order valence-electron chi connectivity index (χ3n) is 3.88. The Morgan fingerprint density at radius 3 is 2.43 bits per heavy atom. The first-order valence-electron chi connectivity index (χ1n) is 8.68. The zero-order valence-corrected chi connectivity index (χ0v) is 19.1. The van der Waals surface area contributed by atoms with Crippen molar-refractivity contribution in [2.45, 2.75) is 12.3 Å². The van der Waals surface area contributed by atoms with Gasteiger partial charge in [0.1, 0.15) is 5.82 Å². The van der Waals surface area contributed by atoms with Gasteiger partial charge >= 0.3 is 0 Å². The van der Waals surface area contributed by atoms with Gasteiger partial charge in [0.2, 0.25) is 0 Å². The van der Waals surface area contributed by atoms with Crippen LogP contribution in [-0.2, 0) is 12.3 Å². The van der Waals surface area contributed by atoms with Crippen LogP contribution in [0.5, 0.6) is 0 Å². The van der Waals surface area contributed by atoms with Crippen LogP contribution in [0.1, 0.15) is 21.5 Å². The van der Waals surface area contributed by atoms with E-state index < -0.39 is 0 Å². The van der Waals surface area contributed by atoms with Crippen molar-refractivity contribution in [3.8, 4) is 0 Å². The third kappa shape index (κ3) is 8.05. The van der Waals surface area contributed by atoms with Gasteiger partial charge in [-0.25, -0.2) is 4.39 Å². The number of nitrogens with zero attached hydrogens (tertiary/aromatic N) is 1. The largest absolute Gasteiger partial charge is 0.355 e. The summed E-state index contributed by atoms with van der Waals surface area (Å²) in [5.74, 6) is 1.06. The van der Waals surface area contributed by atoms with Crippen molar-refractivity contribution >= 4 is 47.6 Å². The number of hydrogen-bond donors (Lipinski definition) is 3. The Balaban J connectivity index is 0.00000392. The Bertz CT molecular complexity index is 774. The lowest BCUT2D eigenvalue weighted by molar-refractivity contribution is 0.0954. The van der Waals surface area contributed by atoms with Gasteiger partial charge < -0.3 is 16.0 Å². The molecule has 1 amide bonds. The second-order valence-electron chi connectivity index (χ2n) is 5.82. The maximum Gasteiger partial charge on any atom is 0.251 e. The Labute approximate surface area is 187 Å². The minimum absolute atomic E-state index is 0. The lowest BCUT2D eigenvalue weighted by Gasteiger charge is -2.14. The van der Waals surface area contributed by atoms with E-state index in [1.807, 2.05) is 24.5 Å². The number of halogens is 2. The predicted octanol–water partition coefficient (Wildman–Crippen LogP) is 3.40. The number of thioether (sulfide) groups is 1. The zero-order valence-electron chi connectivity index (χ0n) is 16.0. The summed E-state index contributed by atoms with van der Waals surface area (Å²) in [5, 5.41) is 9.23. The van der Waals surface area contributed by atoms with Gasteiger partial charge in [-0.15, -0.1) is 24.0 Å². The number of rotatable bonds is 8. The molecule has 2 aromatic rings. The van der Waals surface area contributed by atoms with Crippen LogP contribution in [0.15, 0.2) is 53.5 Å². The molecule has 0 aliphatic rings. The molecule has 0 radical (unpaired) electrons. The number of benzene rings is 2. The molecule has 0 fully saturated rings. The molecule has 0 atom stereocenters. The molecular formula is C20H26FIN4OS. The lowest BCUT2D eigenvalue weighted by atomic mass is 10.1. The van der Waals surface area contributed by atoms with Gasteiger partial charge in [0.15, 0.2) is 5.96 Å². The molecule has 28 heavy (non-hydrogen) atoms. The molecule has 3 N–H and O–H groups in total. The summed E-state index contributed by atoms with van der Waals surface area (Å²) < 4.78 is 13.4. The van der Waals surface area contributed by atoms with Gasteiger partial charge in [0.05, 0.1) is 0 Å². The highest BCUT2D eigenvalue weighted by Crippen LogP contribution is 2.16. The van der Waals surface area contributed by atoms with E-state index >= 15 is 0 Å². The summed E-state index contributed by atoms with van der Waals surface area (Å²) >= 11 is 1.65. The molecule has 0 aliphatic carbocycles. The van der Waals surface area contributed by atoms with Crippen LogP contribution in [0, 0.1) is 5.82 Å². The number of hydrogen-bond acceptors (Lipinski definition) is 3. The molecule has 0 unspecified atom stereocenters. The van der Waals surface area contributed by atoms with E-state index in [1.54, 1.807) is 43.1 Å². The highest BCUT2D eigenvalue weighted by Gasteiger charge is 2.06. The van der Waals surface area contributed by atoms with Gasteiger partial charge in [0, 0.05) is 38.0 Å². The summed E-state index contributed by atoms with van der Waals surface area (Å²) in [6, 6.07) is 13.9. The molecular weight excluding hydrogens is 490 g/mol. The molecule has 152 valence electrons. The molecule has 0 saturated heterocycles. The monoisotopic (exact) mass is 516 g/mol. The van der Waals surface area contributed by atoms with Gasteiger partial charge in [-0.3, -0.25) is 9.79 Å². The summed E-state index contributed by atoms with van der Waals surface area (Å²) in [6.45, 7) is 1.56. The molecule has 0 spiro atoms. The number of carbonyl (C=O) groups is 1. The smallest absolute Gasteiger partial charge is 0.251 e. The van der Waals surface area contributed by atoms with Crippen LogP contribution < -0.4 is 16.0 Å². The van der Waals surface area contributed by atoms with Crippen molar-refractivity contribution in [3.05, 3.63) is 71.0 Å². The van der Waals surface area contributed by atoms with Crippen molar-refractivity contribution in [1.29, 1.82) is 0 Å². The van der Waals surface area contributed by atoms with Gasteiger partial charge in [-0.2, -0.15) is 11.8 Å². The highest BCUT2D eigenvalue weighted by molar-refractivity contribution is 14.0. The van der Waals surface area contributed by atoms with E-state index in [4.69, 9.17) is 0 Å². The average Bonchev–Trinajstić information content (AvgIpc) is 2.69. The quantitative estimate of drug-likeness (QED) is 0.218. The summed E-state index contributed by atoms with van der Waals surface area (Å²) in [5.41, 5.74) is 2.64. The maximum atomic E-state index is 13.4. The topological polar surface area (TPSA) is 65.5 Å². The number of amides is 1. The van der Waals surface area contributed by atoms with Crippen LogP contribution in [0.25, 0.3) is 0 Å². The molecule has 8 heteroatoms. The number of nitrogens with one attached hydrogen (secondary N) is 3.